The van der Waals surface area contributed by atoms with Crippen molar-refractivity contribution in [1.29, 1.82) is 0 Å². The Morgan fingerprint density at radius 3 is 2.75 bits per heavy atom. The molecule has 1 aliphatic rings. The Morgan fingerprint density at radius 1 is 1.17 bits per heavy atom. The second-order valence-electron chi connectivity index (χ2n) is 9.11. The summed E-state index contributed by atoms with van der Waals surface area (Å²) < 4.78 is 48.2. The maximum Gasteiger partial charge on any atom is 0.235 e. The lowest BCUT2D eigenvalue weighted by Crippen LogP contribution is -2.28. The van der Waals surface area contributed by atoms with Crippen molar-refractivity contribution in [3.63, 3.8) is 0 Å². The van der Waals surface area contributed by atoms with E-state index in [4.69, 9.17) is 4.74 Å². The van der Waals surface area contributed by atoms with Crippen LogP contribution in [0.5, 0.6) is 5.75 Å². The van der Waals surface area contributed by atoms with E-state index in [2.05, 4.69) is 20.3 Å². The lowest BCUT2D eigenvalue weighted by molar-refractivity contribution is 0.179. The minimum atomic E-state index is -3.40. The molecular formula is C25H27FN6O3S. The van der Waals surface area contributed by atoms with Gasteiger partial charge in [-0.05, 0) is 57.8 Å². The largest absolute Gasteiger partial charge is 0.488 e. The van der Waals surface area contributed by atoms with E-state index < -0.39 is 15.8 Å². The molecule has 1 N–H and O–H groups in total. The van der Waals surface area contributed by atoms with Crippen LogP contribution in [0.15, 0.2) is 48.9 Å². The molecule has 1 atom stereocenters. The normalized spacial score (nSPS) is 16.1. The average molecular weight is 511 g/mol. The minimum Gasteiger partial charge on any atom is -0.488 e. The lowest BCUT2D eigenvalue weighted by atomic mass is 10.1. The molecule has 0 radical (unpaired) electrons. The Hall–Kier alpha value is -3.57. The lowest BCUT2D eigenvalue weighted by Gasteiger charge is -2.23. The third-order valence-corrected chi connectivity index (χ3v) is 7.87. The molecule has 9 nitrogen and oxygen atoms in total. The van der Waals surface area contributed by atoms with Gasteiger partial charge in [0.25, 0.3) is 0 Å². The number of fused-ring (bicyclic) bond motifs is 2. The molecule has 0 unspecified atom stereocenters. The number of rotatable bonds is 7. The van der Waals surface area contributed by atoms with Gasteiger partial charge in [0.05, 0.1) is 33.5 Å². The fourth-order valence-corrected chi connectivity index (χ4v) is 6.06. The molecule has 5 rings (SSSR count). The molecule has 188 valence electrons. The second-order valence-corrected chi connectivity index (χ2v) is 11.1. The van der Waals surface area contributed by atoms with Gasteiger partial charge in [-0.3, -0.25) is 9.29 Å². The molecule has 0 amide bonds. The molecule has 11 heteroatoms. The van der Waals surface area contributed by atoms with Crippen molar-refractivity contribution in [3.05, 3.63) is 54.7 Å². The third-order valence-electron chi connectivity index (χ3n) is 6.00. The van der Waals surface area contributed by atoms with Gasteiger partial charge < -0.3 is 15.0 Å². The van der Waals surface area contributed by atoms with E-state index in [0.29, 0.717) is 58.6 Å². The molecule has 1 fully saturated rings. The van der Waals surface area contributed by atoms with Crippen molar-refractivity contribution in [2.24, 2.45) is 0 Å². The number of halogens is 1. The maximum atomic E-state index is 15.3. The molecule has 0 spiro atoms. The number of pyridine rings is 1. The highest BCUT2D eigenvalue weighted by molar-refractivity contribution is 7.93. The smallest absolute Gasteiger partial charge is 0.235 e. The van der Waals surface area contributed by atoms with E-state index in [1.165, 1.54) is 10.6 Å². The van der Waals surface area contributed by atoms with E-state index >= 15 is 4.39 Å². The van der Waals surface area contributed by atoms with E-state index in [0.717, 1.165) is 0 Å². The minimum absolute atomic E-state index is 0.102. The first-order valence-electron chi connectivity index (χ1n) is 11.6. The van der Waals surface area contributed by atoms with Crippen LogP contribution in [-0.2, 0) is 10.0 Å². The van der Waals surface area contributed by atoms with Crippen LogP contribution in [0.4, 0.5) is 21.6 Å². The summed E-state index contributed by atoms with van der Waals surface area (Å²) in [5.41, 5.74) is 1.75. The molecule has 0 saturated carbocycles. The highest BCUT2D eigenvalue weighted by Crippen LogP contribution is 2.38. The van der Waals surface area contributed by atoms with Gasteiger partial charge in [-0.1, -0.05) is 0 Å². The van der Waals surface area contributed by atoms with E-state index in [-0.39, 0.29) is 17.5 Å². The van der Waals surface area contributed by atoms with Crippen LogP contribution in [0.2, 0.25) is 0 Å². The number of hydrogen-bond acceptors (Lipinski definition) is 8. The first kappa shape index (κ1) is 24.1. The predicted molar refractivity (Wildman–Crippen MR) is 139 cm³/mol. The summed E-state index contributed by atoms with van der Waals surface area (Å²) in [4.78, 5) is 15.0. The van der Waals surface area contributed by atoms with Crippen LogP contribution in [0, 0.1) is 5.82 Å². The number of sulfonamides is 1. The zero-order valence-electron chi connectivity index (χ0n) is 20.3. The summed E-state index contributed by atoms with van der Waals surface area (Å²) in [6.07, 6.45) is 3.31. The second kappa shape index (κ2) is 9.47. The summed E-state index contributed by atoms with van der Waals surface area (Å²) in [6.45, 7) is 2.96. The standard InChI is InChI=1S/C25H27FN6O3S/c1-16(14-31(2)3)35-22-13-17(32-10-5-11-36(32,33)34)12-21-23(22)25(29-15-28-21)30-20-8-7-19-18(24(20)26)6-4-9-27-19/h4,6-9,12-13,15-16H,5,10-11,14H2,1-3H3,(H,28,29,30)/t16-/m1/s1. The zero-order chi connectivity index (χ0) is 25.4. The van der Waals surface area contributed by atoms with Gasteiger partial charge in [0, 0.05) is 30.7 Å². The van der Waals surface area contributed by atoms with Crippen molar-refractivity contribution in [2.75, 3.05) is 42.6 Å². The summed E-state index contributed by atoms with van der Waals surface area (Å²) in [6, 6.07) is 10.1. The zero-order valence-corrected chi connectivity index (χ0v) is 21.1. The Bertz CT molecular complexity index is 1550. The van der Waals surface area contributed by atoms with E-state index in [9.17, 15) is 8.42 Å². The number of nitrogens with zero attached hydrogens (tertiary/aromatic N) is 5. The highest BCUT2D eigenvalue weighted by atomic mass is 32.2. The number of anilines is 3. The van der Waals surface area contributed by atoms with Crippen molar-refractivity contribution in [3.8, 4) is 5.75 Å². The number of benzene rings is 2. The molecule has 0 bridgehead atoms. The van der Waals surface area contributed by atoms with Crippen LogP contribution in [0.1, 0.15) is 13.3 Å². The van der Waals surface area contributed by atoms with Gasteiger partial charge in [0.1, 0.15) is 24.0 Å². The Kier molecular flexibility index (Phi) is 6.35. The molecule has 3 heterocycles. The van der Waals surface area contributed by atoms with E-state index in [1.54, 1.807) is 42.6 Å². The maximum absolute atomic E-state index is 15.3. The summed E-state index contributed by atoms with van der Waals surface area (Å²) >= 11 is 0. The quantitative estimate of drug-likeness (QED) is 0.399. The molecule has 1 aliphatic heterocycles. The molecule has 2 aromatic carbocycles. The fourth-order valence-electron chi connectivity index (χ4n) is 4.51. The number of hydrogen-bond donors (Lipinski definition) is 1. The first-order chi connectivity index (χ1) is 17.2. The monoisotopic (exact) mass is 510 g/mol. The van der Waals surface area contributed by atoms with Gasteiger partial charge in [0.15, 0.2) is 5.82 Å². The summed E-state index contributed by atoms with van der Waals surface area (Å²) in [5.74, 6) is 0.427. The van der Waals surface area contributed by atoms with Gasteiger partial charge in [0.2, 0.25) is 10.0 Å². The average Bonchev–Trinajstić information content (AvgIpc) is 3.19. The SMILES string of the molecule is C[C@H](CN(C)C)Oc1cc(N2CCCS2(=O)=O)cc2ncnc(Nc3ccc4ncccc4c3F)c12. The summed E-state index contributed by atoms with van der Waals surface area (Å²) in [7, 11) is 0.483. The third kappa shape index (κ3) is 4.63. The van der Waals surface area contributed by atoms with Crippen LogP contribution in [0.3, 0.4) is 0 Å². The number of ether oxygens (including phenoxy) is 1. The van der Waals surface area contributed by atoms with E-state index in [1.807, 2.05) is 25.9 Å². The van der Waals surface area contributed by atoms with Crippen LogP contribution >= 0.6 is 0 Å². The van der Waals surface area contributed by atoms with Crippen LogP contribution < -0.4 is 14.4 Å². The predicted octanol–water partition coefficient (Wildman–Crippen LogP) is 3.93. The fraction of sp³-hybridized carbons (Fsp3) is 0.320. The molecule has 2 aromatic heterocycles. The molecule has 0 aliphatic carbocycles. The topological polar surface area (TPSA) is 101 Å². The highest BCUT2D eigenvalue weighted by Gasteiger charge is 2.30. The first-order valence-corrected chi connectivity index (χ1v) is 13.2. The van der Waals surface area contributed by atoms with Gasteiger partial charge in [-0.2, -0.15) is 0 Å². The van der Waals surface area contributed by atoms with Crippen LogP contribution in [-0.4, -0.2) is 67.3 Å². The van der Waals surface area contributed by atoms with Gasteiger partial charge in [-0.25, -0.2) is 22.8 Å². The van der Waals surface area contributed by atoms with Gasteiger partial charge >= 0.3 is 0 Å². The van der Waals surface area contributed by atoms with Crippen molar-refractivity contribution < 1.29 is 17.5 Å². The van der Waals surface area contributed by atoms with Gasteiger partial charge in [-0.15, -0.1) is 0 Å². The molecule has 1 saturated heterocycles. The molecule has 4 aromatic rings. The van der Waals surface area contributed by atoms with Crippen LogP contribution in [0.25, 0.3) is 21.8 Å². The number of aromatic nitrogens is 3. The Balaban J connectivity index is 1.63. The van der Waals surface area contributed by atoms with Crippen molar-refractivity contribution in [2.45, 2.75) is 19.4 Å². The summed E-state index contributed by atoms with van der Waals surface area (Å²) in [5, 5.41) is 4.01. The van der Waals surface area contributed by atoms with Crippen molar-refractivity contribution in [1.82, 2.24) is 19.9 Å². The molecular weight excluding hydrogens is 483 g/mol. The number of likely N-dealkylation sites (N-methyl/N-ethyl adjacent to an activating group) is 1. The number of nitrogens with one attached hydrogen (secondary N) is 1. The Morgan fingerprint density at radius 2 is 2.00 bits per heavy atom. The molecule has 36 heavy (non-hydrogen) atoms. The van der Waals surface area contributed by atoms with Crippen molar-refractivity contribution >= 4 is 49.0 Å². The Labute approximate surface area is 209 Å².